The maximum atomic E-state index is 12.8. The standard InChI is InChI=1S/C27H35ClN4O3/c1-3-4-18-31(2)27(34)19-32-24-11-8-7-10-23(24)30-25(32)12-6-5-9-17-29-26(33)20-35-22-15-13-21(28)14-16-22/h7-8,10-11,13-16H,3-6,9,12,17-20H2,1-2H3,(H,29,33). The van der Waals surface area contributed by atoms with Crippen LogP contribution in [0.5, 0.6) is 5.75 Å². The van der Waals surface area contributed by atoms with E-state index in [-0.39, 0.29) is 18.4 Å². The second-order valence-corrected chi connectivity index (χ2v) is 9.11. The van der Waals surface area contributed by atoms with Crippen LogP contribution in [0.15, 0.2) is 48.5 Å². The van der Waals surface area contributed by atoms with Gasteiger partial charge in [0.2, 0.25) is 5.91 Å². The molecule has 2 amide bonds. The highest BCUT2D eigenvalue weighted by Crippen LogP contribution is 2.18. The van der Waals surface area contributed by atoms with Crippen LogP contribution in [-0.4, -0.2) is 53.0 Å². The van der Waals surface area contributed by atoms with Gasteiger partial charge >= 0.3 is 0 Å². The van der Waals surface area contributed by atoms with Gasteiger partial charge < -0.3 is 19.5 Å². The van der Waals surface area contributed by atoms with Gasteiger partial charge in [0.05, 0.1) is 11.0 Å². The normalized spacial score (nSPS) is 10.9. The summed E-state index contributed by atoms with van der Waals surface area (Å²) in [6.07, 6.45) is 5.60. The molecule has 35 heavy (non-hydrogen) atoms. The number of para-hydroxylation sites is 2. The Morgan fingerprint density at radius 3 is 2.60 bits per heavy atom. The maximum absolute atomic E-state index is 12.8. The first-order valence-corrected chi connectivity index (χ1v) is 12.7. The van der Waals surface area contributed by atoms with Crippen LogP contribution in [0, 0.1) is 0 Å². The summed E-state index contributed by atoms with van der Waals surface area (Å²) in [5.41, 5.74) is 1.91. The number of carbonyl (C=O) groups is 2. The zero-order valence-corrected chi connectivity index (χ0v) is 21.4. The lowest BCUT2D eigenvalue weighted by Crippen LogP contribution is -2.31. The second kappa shape index (κ2) is 13.7. The Labute approximate surface area is 212 Å². The van der Waals surface area contributed by atoms with E-state index in [0.717, 1.165) is 61.9 Å². The van der Waals surface area contributed by atoms with Crippen LogP contribution in [0.2, 0.25) is 5.02 Å². The van der Waals surface area contributed by atoms with E-state index < -0.39 is 0 Å². The zero-order valence-electron chi connectivity index (χ0n) is 20.6. The Bertz CT molecular complexity index is 1100. The van der Waals surface area contributed by atoms with E-state index in [4.69, 9.17) is 21.3 Å². The molecule has 2 aromatic carbocycles. The van der Waals surface area contributed by atoms with Crippen molar-refractivity contribution >= 4 is 34.4 Å². The monoisotopic (exact) mass is 498 g/mol. The summed E-state index contributed by atoms with van der Waals surface area (Å²) in [4.78, 5) is 31.4. The Kier molecular flexibility index (Phi) is 10.4. The molecule has 3 aromatic rings. The lowest BCUT2D eigenvalue weighted by Gasteiger charge is -2.18. The van der Waals surface area contributed by atoms with Gasteiger partial charge in [0.25, 0.3) is 5.91 Å². The number of aryl methyl sites for hydroxylation is 1. The number of halogens is 1. The molecule has 1 N–H and O–H groups in total. The molecule has 0 saturated heterocycles. The first-order valence-electron chi connectivity index (χ1n) is 12.3. The molecule has 1 aromatic heterocycles. The van der Waals surface area contributed by atoms with E-state index in [0.29, 0.717) is 23.9 Å². The average Bonchev–Trinajstić information content (AvgIpc) is 3.21. The molecule has 0 saturated carbocycles. The number of hydrogen-bond acceptors (Lipinski definition) is 4. The number of amides is 2. The van der Waals surface area contributed by atoms with Crippen LogP contribution in [0.4, 0.5) is 0 Å². The quantitative estimate of drug-likeness (QED) is 0.322. The van der Waals surface area contributed by atoms with Gasteiger partial charge in [-0.2, -0.15) is 0 Å². The first-order chi connectivity index (χ1) is 17.0. The third-order valence-electron chi connectivity index (χ3n) is 5.88. The van der Waals surface area contributed by atoms with E-state index in [9.17, 15) is 9.59 Å². The zero-order chi connectivity index (χ0) is 25.0. The number of ether oxygens (including phenoxy) is 1. The van der Waals surface area contributed by atoms with Gasteiger partial charge in [0, 0.05) is 31.6 Å². The van der Waals surface area contributed by atoms with Gasteiger partial charge in [0.1, 0.15) is 18.1 Å². The summed E-state index contributed by atoms with van der Waals surface area (Å²) in [5.74, 6) is 1.50. The van der Waals surface area contributed by atoms with Crippen molar-refractivity contribution < 1.29 is 14.3 Å². The second-order valence-electron chi connectivity index (χ2n) is 8.67. The third kappa shape index (κ3) is 8.28. The number of unbranched alkanes of at least 4 members (excludes halogenated alkanes) is 3. The van der Waals surface area contributed by atoms with Crippen LogP contribution < -0.4 is 10.1 Å². The number of nitrogens with one attached hydrogen (secondary N) is 1. The highest BCUT2D eigenvalue weighted by molar-refractivity contribution is 6.30. The van der Waals surface area contributed by atoms with Gasteiger partial charge in [-0.1, -0.05) is 43.5 Å². The number of fused-ring (bicyclic) bond motifs is 1. The lowest BCUT2D eigenvalue weighted by atomic mass is 10.2. The van der Waals surface area contributed by atoms with Crippen LogP contribution >= 0.6 is 11.6 Å². The minimum atomic E-state index is -0.146. The Hall–Kier alpha value is -3.06. The van der Waals surface area contributed by atoms with Crippen molar-refractivity contribution in [2.45, 2.75) is 52.0 Å². The summed E-state index contributed by atoms with van der Waals surface area (Å²) in [7, 11) is 1.87. The number of aromatic nitrogens is 2. The molecule has 0 radical (unpaired) electrons. The molecule has 0 aliphatic heterocycles. The fourth-order valence-electron chi connectivity index (χ4n) is 3.81. The summed E-state index contributed by atoms with van der Waals surface area (Å²) in [6, 6.07) is 14.9. The van der Waals surface area contributed by atoms with Crippen molar-refractivity contribution in [2.24, 2.45) is 0 Å². The molecule has 0 spiro atoms. The molecule has 0 aliphatic rings. The lowest BCUT2D eigenvalue weighted by molar-refractivity contribution is -0.130. The molecule has 1 heterocycles. The number of rotatable bonds is 14. The average molecular weight is 499 g/mol. The molecule has 3 rings (SSSR count). The highest BCUT2D eigenvalue weighted by atomic mass is 35.5. The van der Waals surface area contributed by atoms with Crippen molar-refractivity contribution in [3.8, 4) is 5.75 Å². The van der Waals surface area contributed by atoms with Crippen molar-refractivity contribution in [1.82, 2.24) is 19.8 Å². The number of imidazole rings is 1. The molecule has 0 bridgehead atoms. The number of nitrogens with zero attached hydrogens (tertiary/aromatic N) is 3. The Morgan fingerprint density at radius 2 is 1.83 bits per heavy atom. The molecular formula is C27H35ClN4O3. The number of carbonyl (C=O) groups excluding carboxylic acids is 2. The molecule has 0 atom stereocenters. The van der Waals surface area contributed by atoms with Crippen molar-refractivity contribution in [3.63, 3.8) is 0 Å². The van der Waals surface area contributed by atoms with Gasteiger partial charge in [0.15, 0.2) is 6.61 Å². The highest BCUT2D eigenvalue weighted by Gasteiger charge is 2.15. The summed E-state index contributed by atoms with van der Waals surface area (Å²) in [6.45, 7) is 3.78. The van der Waals surface area contributed by atoms with Crippen LogP contribution in [0.3, 0.4) is 0 Å². The molecule has 0 fully saturated rings. The largest absolute Gasteiger partial charge is 0.484 e. The van der Waals surface area contributed by atoms with Gasteiger partial charge in [-0.25, -0.2) is 4.98 Å². The van der Waals surface area contributed by atoms with Gasteiger partial charge in [-0.05, 0) is 55.7 Å². The SMILES string of the molecule is CCCCN(C)C(=O)Cn1c(CCCCCNC(=O)COc2ccc(Cl)cc2)nc2ccccc21. The van der Waals surface area contributed by atoms with E-state index in [2.05, 4.69) is 16.8 Å². The maximum Gasteiger partial charge on any atom is 0.257 e. The Morgan fingerprint density at radius 1 is 1.06 bits per heavy atom. The number of hydrogen-bond donors (Lipinski definition) is 1. The third-order valence-corrected chi connectivity index (χ3v) is 6.13. The fourth-order valence-corrected chi connectivity index (χ4v) is 3.94. The molecule has 0 aliphatic carbocycles. The predicted molar refractivity (Wildman–Crippen MR) is 140 cm³/mol. The summed E-state index contributed by atoms with van der Waals surface area (Å²) < 4.78 is 7.51. The minimum Gasteiger partial charge on any atom is -0.484 e. The first kappa shape index (κ1) is 26.5. The summed E-state index contributed by atoms with van der Waals surface area (Å²) >= 11 is 5.85. The smallest absolute Gasteiger partial charge is 0.257 e. The van der Waals surface area contributed by atoms with Gasteiger partial charge in [-0.15, -0.1) is 0 Å². The predicted octanol–water partition coefficient (Wildman–Crippen LogP) is 4.86. The number of benzene rings is 2. The van der Waals surface area contributed by atoms with E-state index in [1.165, 1.54) is 0 Å². The van der Waals surface area contributed by atoms with E-state index in [1.54, 1.807) is 29.2 Å². The summed E-state index contributed by atoms with van der Waals surface area (Å²) in [5, 5.41) is 3.52. The molecule has 188 valence electrons. The number of likely N-dealkylation sites (N-methyl/N-ethyl adjacent to an activating group) is 1. The molecule has 7 nitrogen and oxygen atoms in total. The van der Waals surface area contributed by atoms with Crippen molar-refractivity contribution in [1.29, 1.82) is 0 Å². The molecule has 0 unspecified atom stereocenters. The minimum absolute atomic E-state index is 0.0214. The molecular weight excluding hydrogens is 464 g/mol. The van der Waals surface area contributed by atoms with Gasteiger partial charge in [-0.3, -0.25) is 9.59 Å². The topological polar surface area (TPSA) is 76.5 Å². The fraction of sp³-hybridized carbons (Fsp3) is 0.444. The van der Waals surface area contributed by atoms with Crippen molar-refractivity contribution in [3.05, 3.63) is 59.4 Å². The van der Waals surface area contributed by atoms with Crippen molar-refractivity contribution in [2.75, 3.05) is 26.7 Å². The van der Waals surface area contributed by atoms with Crippen LogP contribution in [-0.2, 0) is 22.6 Å². The van der Waals surface area contributed by atoms with Crippen LogP contribution in [0.1, 0.15) is 44.9 Å². The van der Waals surface area contributed by atoms with E-state index in [1.807, 2.05) is 31.3 Å². The molecule has 8 heteroatoms. The van der Waals surface area contributed by atoms with E-state index >= 15 is 0 Å². The Balaban J connectivity index is 1.43. The van der Waals surface area contributed by atoms with Crippen LogP contribution in [0.25, 0.3) is 11.0 Å².